The molecule has 41 heavy (non-hydrogen) atoms. The summed E-state index contributed by atoms with van der Waals surface area (Å²) in [7, 11) is 3.61. The van der Waals surface area contributed by atoms with Gasteiger partial charge in [-0.3, -0.25) is 15.2 Å². The Morgan fingerprint density at radius 1 is 1.15 bits per heavy atom. The first-order chi connectivity index (χ1) is 19.7. The smallest absolute Gasteiger partial charge is 0.274 e. The number of carbonyl (C=O) groups excluding carboxylic acids is 1. The van der Waals surface area contributed by atoms with Crippen molar-refractivity contribution in [2.75, 3.05) is 49.8 Å². The highest BCUT2D eigenvalue weighted by atomic mass is 35.5. The van der Waals surface area contributed by atoms with Crippen molar-refractivity contribution >= 4 is 62.6 Å². The van der Waals surface area contributed by atoms with E-state index >= 15 is 0 Å². The summed E-state index contributed by atoms with van der Waals surface area (Å²) in [4.78, 5) is 19.3. The minimum Gasteiger partial charge on any atom is -0.494 e. The molecule has 2 heterocycles. The second kappa shape index (κ2) is 15.2. The van der Waals surface area contributed by atoms with Crippen molar-refractivity contribution in [2.24, 2.45) is 4.36 Å². The molecule has 3 aromatic rings. The van der Waals surface area contributed by atoms with Crippen LogP contribution >= 0.6 is 23.2 Å². The number of nitrogen functional groups attached to an aromatic ring is 1. The SMILES string of the molecule is CC.COc1cc(N=S2CCN(C)CC2)ccc1NC(=O)C(=N)c1cc(OC(C)c2c(Cl)cncc2Cl)ccc1N. The van der Waals surface area contributed by atoms with E-state index in [1.807, 2.05) is 19.9 Å². The van der Waals surface area contributed by atoms with Gasteiger partial charge in [0, 0.05) is 59.9 Å². The normalized spacial score (nSPS) is 14.3. The van der Waals surface area contributed by atoms with Crippen LogP contribution in [-0.2, 0) is 15.5 Å². The number of methoxy groups -OCH3 is 1. The molecule has 1 unspecified atom stereocenters. The highest BCUT2D eigenvalue weighted by Crippen LogP contribution is 2.34. The fourth-order valence-corrected chi connectivity index (χ4v) is 6.54. The number of benzene rings is 2. The van der Waals surface area contributed by atoms with Crippen LogP contribution in [0.1, 0.15) is 38.0 Å². The summed E-state index contributed by atoms with van der Waals surface area (Å²) in [5.41, 5.74) is 8.08. The largest absolute Gasteiger partial charge is 0.494 e. The Labute approximate surface area is 254 Å². The van der Waals surface area contributed by atoms with Gasteiger partial charge in [-0.25, -0.2) is 4.36 Å². The van der Waals surface area contributed by atoms with Crippen LogP contribution in [0.25, 0.3) is 0 Å². The lowest BCUT2D eigenvalue weighted by Crippen LogP contribution is -2.34. The van der Waals surface area contributed by atoms with Crippen molar-refractivity contribution in [3.05, 3.63) is 70.0 Å². The van der Waals surface area contributed by atoms with Crippen molar-refractivity contribution < 1.29 is 14.3 Å². The summed E-state index contributed by atoms with van der Waals surface area (Å²) >= 11 is 12.5. The lowest BCUT2D eigenvalue weighted by Gasteiger charge is -2.23. The van der Waals surface area contributed by atoms with Gasteiger partial charge in [0.15, 0.2) is 0 Å². The van der Waals surface area contributed by atoms with Gasteiger partial charge in [-0.1, -0.05) is 47.7 Å². The van der Waals surface area contributed by atoms with E-state index < -0.39 is 12.0 Å². The van der Waals surface area contributed by atoms with Gasteiger partial charge in [0.1, 0.15) is 23.3 Å². The highest BCUT2D eigenvalue weighted by molar-refractivity contribution is 7.87. The zero-order valence-corrected chi connectivity index (χ0v) is 26.2. The van der Waals surface area contributed by atoms with E-state index in [4.69, 9.17) is 48.2 Å². The maximum absolute atomic E-state index is 13.1. The number of nitrogens with one attached hydrogen (secondary N) is 2. The third-order valence-electron chi connectivity index (χ3n) is 6.22. The summed E-state index contributed by atoms with van der Waals surface area (Å²) in [5.74, 6) is 2.26. The van der Waals surface area contributed by atoms with E-state index in [2.05, 4.69) is 22.2 Å². The Morgan fingerprint density at radius 3 is 2.44 bits per heavy atom. The van der Waals surface area contributed by atoms with Gasteiger partial charge in [0.2, 0.25) is 0 Å². The molecule has 1 aliphatic rings. The van der Waals surface area contributed by atoms with Crippen molar-refractivity contribution in [1.82, 2.24) is 9.88 Å². The van der Waals surface area contributed by atoms with E-state index in [1.165, 1.54) is 19.5 Å². The summed E-state index contributed by atoms with van der Waals surface area (Å²) in [5, 5.41) is 12.0. The predicted molar refractivity (Wildman–Crippen MR) is 171 cm³/mol. The first kappa shape index (κ1) is 32.3. The third-order valence-corrected chi connectivity index (χ3v) is 8.60. The van der Waals surface area contributed by atoms with Crippen molar-refractivity contribution in [3.63, 3.8) is 0 Å². The number of nitrogens with zero attached hydrogens (tertiary/aromatic N) is 3. The molecule has 0 bridgehead atoms. The molecule has 0 saturated carbocycles. The highest BCUT2D eigenvalue weighted by Gasteiger charge is 2.20. The van der Waals surface area contributed by atoms with Crippen LogP contribution in [0.3, 0.4) is 0 Å². The number of anilines is 2. The Balaban J connectivity index is 0.00000226. The second-order valence-corrected chi connectivity index (χ2v) is 11.7. The lowest BCUT2D eigenvalue weighted by molar-refractivity contribution is -0.110. The first-order valence-electron chi connectivity index (χ1n) is 13.2. The van der Waals surface area contributed by atoms with Gasteiger partial charge >= 0.3 is 0 Å². The van der Waals surface area contributed by atoms with E-state index in [0.717, 1.165) is 30.3 Å². The molecule has 0 aliphatic carbocycles. The van der Waals surface area contributed by atoms with Crippen LogP contribution in [-0.4, -0.2) is 60.3 Å². The average molecular weight is 620 g/mol. The first-order valence-corrected chi connectivity index (χ1v) is 15.4. The lowest BCUT2D eigenvalue weighted by atomic mass is 10.1. The van der Waals surface area contributed by atoms with Crippen LogP contribution in [0.15, 0.2) is 53.2 Å². The second-order valence-electron chi connectivity index (χ2n) is 9.00. The fourth-order valence-electron chi connectivity index (χ4n) is 4.02. The van der Waals surface area contributed by atoms with E-state index in [1.54, 1.807) is 37.3 Å². The van der Waals surface area contributed by atoms with Gasteiger partial charge in [-0.05, 0) is 44.3 Å². The standard InChI is InChI=1S/C27H30Cl2N6O3S.C2H6/c1-16(25-20(28)14-32-15-21(25)29)38-18-5-6-22(30)19(13-18)26(31)27(36)33-23-7-4-17(12-24(23)37-3)34-39-10-8-35(2)9-11-39;1-2/h4-7,12-16,31H,8-11,30H2,1-3H3,(H,33,36);1-2H3. The molecule has 1 aromatic heterocycles. The van der Waals surface area contributed by atoms with E-state index in [9.17, 15) is 4.79 Å². The number of aromatic nitrogens is 1. The van der Waals surface area contributed by atoms with Gasteiger partial charge in [-0.2, -0.15) is 0 Å². The number of ether oxygens (including phenoxy) is 2. The van der Waals surface area contributed by atoms with E-state index in [-0.39, 0.29) is 27.7 Å². The van der Waals surface area contributed by atoms with Crippen molar-refractivity contribution in [2.45, 2.75) is 26.9 Å². The molecule has 1 aliphatic heterocycles. The number of carbonyl (C=O) groups is 1. The summed E-state index contributed by atoms with van der Waals surface area (Å²) < 4.78 is 16.4. The van der Waals surface area contributed by atoms with Crippen LogP contribution in [0.5, 0.6) is 11.5 Å². The maximum Gasteiger partial charge on any atom is 0.274 e. The molecule has 0 spiro atoms. The minimum absolute atomic E-state index is 0.0379. The molecule has 1 saturated heterocycles. The molecule has 1 atom stereocenters. The molecular formula is C29H36Cl2N6O3S. The summed E-state index contributed by atoms with van der Waals surface area (Å²) in [6, 6.07) is 10.1. The number of rotatable bonds is 8. The Hall–Kier alpha value is -3.18. The van der Waals surface area contributed by atoms with Crippen LogP contribution < -0.4 is 20.5 Å². The Bertz CT molecular complexity index is 1410. The molecular weight excluding hydrogens is 583 g/mol. The van der Waals surface area contributed by atoms with Crippen molar-refractivity contribution in [1.29, 1.82) is 5.41 Å². The molecule has 9 nitrogen and oxygen atoms in total. The van der Waals surface area contributed by atoms with Crippen molar-refractivity contribution in [3.8, 4) is 11.5 Å². The molecule has 220 valence electrons. The molecule has 1 amide bonds. The van der Waals surface area contributed by atoms with Crippen LogP contribution in [0.2, 0.25) is 10.0 Å². The minimum atomic E-state index is -0.646. The van der Waals surface area contributed by atoms with Gasteiger partial charge in [0.25, 0.3) is 5.91 Å². The Kier molecular flexibility index (Phi) is 12.0. The molecule has 4 N–H and O–H groups in total. The summed E-state index contributed by atoms with van der Waals surface area (Å²) in [6.45, 7) is 7.84. The Morgan fingerprint density at radius 2 is 1.80 bits per heavy atom. The molecule has 2 aromatic carbocycles. The quantitative estimate of drug-likeness (QED) is 0.195. The predicted octanol–water partition coefficient (Wildman–Crippen LogP) is 6.53. The zero-order chi connectivity index (χ0) is 30.1. The fraction of sp³-hybridized carbons (Fsp3) is 0.345. The number of amides is 1. The molecule has 1 fully saturated rings. The third kappa shape index (κ3) is 8.42. The molecule has 0 radical (unpaired) electrons. The molecule has 12 heteroatoms. The number of hydrogen-bond acceptors (Lipinski definition) is 8. The van der Waals surface area contributed by atoms with E-state index in [0.29, 0.717) is 32.8 Å². The van der Waals surface area contributed by atoms with Gasteiger partial charge < -0.3 is 25.4 Å². The zero-order valence-electron chi connectivity index (χ0n) is 23.8. The number of pyridine rings is 1. The van der Waals surface area contributed by atoms with Gasteiger partial charge in [0.05, 0.1) is 28.5 Å². The molecule has 4 rings (SSSR count). The monoisotopic (exact) mass is 618 g/mol. The number of nitrogens with two attached hydrogens (primary N) is 1. The topological polar surface area (TPSA) is 126 Å². The number of halogens is 2. The summed E-state index contributed by atoms with van der Waals surface area (Å²) in [6.07, 6.45) is 2.46. The van der Waals surface area contributed by atoms with Gasteiger partial charge in [-0.15, -0.1) is 0 Å². The number of hydrogen-bond donors (Lipinski definition) is 3. The van der Waals surface area contributed by atoms with Crippen LogP contribution in [0.4, 0.5) is 17.1 Å². The average Bonchev–Trinajstić information content (AvgIpc) is 2.96. The maximum atomic E-state index is 13.1. The van der Waals surface area contributed by atoms with Crippen LogP contribution in [0, 0.1) is 5.41 Å².